The van der Waals surface area contributed by atoms with Crippen LogP contribution in [0.2, 0.25) is 0 Å². The lowest BCUT2D eigenvalue weighted by Gasteiger charge is -2.28. The van der Waals surface area contributed by atoms with Gasteiger partial charge in [0.25, 0.3) is 0 Å². The molecule has 7 heteroatoms. The lowest BCUT2D eigenvalue weighted by molar-refractivity contribution is 0.348. The topological polar surface area (TPSA) is 70.6 Å². The second kappa shape index (κ2) is 7.90. The van der Waals surface area contributed by atoms with Crippen LogP contribution in [0.3, 0.4) is 0 Å². The SMILES string of the molecule is CN=C(NCC(C)(C)CCS(C)(=O)=O)NCC1(C)CCCS1. The molecule has 0 aromatic carbocycles. The molecule has 1 rings (SSSR count). The van der Waals surface area contributed by atoms with Gasteiger partial charge in [0.15, 0.2) is 5.96 Å². The smallest absolute Gasteiger partial charge is 0.191 e. The van der Waals surface area contributed by atoms with E-state index in [-0.39, 0.29) is 11.2 Å². The van der Waals surface area contributed by atoms with Crippen LogP contribution in [-0.4, -0.2) is 57.0 Å². The Morgan fingerprint density at radius 3 is 2.55 bits per heavy atom. The first-order valence-electron chi connectivity index (χ1n) is 7.82. The van der Waals surface area contributed by atoms with Crippen LogP contribution in [0.15, 0.2) is 4.99 Å². The minimum absolute atomic E-state index is 0.0906. The van der Waals surface area contributed by atoms with Crippen molar-refractivity contribution in [2.45, 2.75) is 44.8 Å². The highest BCUT2D eigenvalue weighted by atomic mass is 32.2. The molecule has 130 valence electrons. The van der Waals surface area contributed by atoms with E-state index in [0.29, 0.717) is 17.7 Å². The average Bonchev–Trinajstić information content (AvgIpc) is 2.83. The van der Waals surface area contributed by atoms with Gasteiger partial charge < -0.3 is 10.6 Å². The van der Waals surface area contributed by atoms with Crippen LogP contribution in [0.5, 0.6) is 0 Å². The minimum atomic E-state index is -2.91. The molecule has 22 heavy (non-hydrogen) atoms. The number of nitrogens with one attached hydrogen (secondary N) is 2. The normalized spacial score (nSPS) is 23.6. The molecule has 1 aliphatic heterocycles. The first-order valence-corrected chi connectivity index (χ1v) is 10.9. The summed E-state index contributed by atoms with van der Waals surface area (Å²) < 4.78 is 22.9. The summed E-state index contributed by atoms with van der Waals surface area (Å²) in [5.74, 6) is 2.26. The molecule has 1 aliphatic rings. The van der Waals surface area contributed by atoms with E-state index < -0.39 is 9.84 Å². The van der Waals surface area contributed by atoms with E-state index in [1.807, 2.05) is 11.8 Å². The van der Waals surface area contributed by atoms with Crippen molar-refractivity contribution in [3.63, 3.8) is 0 Å². The predicted molar refractivity (Wildman–Crippen MR) is 97.6 cm³/mol. The number of hydrogen-bond acceptors (Lipinski definition) is 4. The summed E-state index contributed by atoms with van der Waals surface area (Å²) in [6.45, 7) is 8.05. The van der Waals surface area contributed by atoms with Gasteiger partial charge in [-0.15, -0.1) is 0 Å². The third kappa shape index (κ3) is 7.72. The summed E-state index contributed by atoms with van der Waals surface area (Å²) >= 11 is 2.02. The fraction of sp³-hybridized carbons (Fsp3) is 0.933. The number of guanidine groups is 1. The van der Waals surface area contributed by atoms with Gasteiger partial charge in [0.2, 0.25) is 0 Å². The highest BCUT2D eigenvalue weighted by molar-refractivity contribution is 8.00. The van der Waals surface area contributed by atoms with E-state index in [1.165, 1.54) is 24.9 Å². The number of sulfone groups is 1. The molecule has 0 bridgehead atoms. The largest absolute Gasteiger partial charge is 0.356 e. The second-order valence-corrected chi connectivity index (χ2v) is 11.2. The van der Waals surface area contributed by atoms with Crippen LogP contribution in [-0.2, 0) is 9.84 Å². The lowest BCUT2D eigenvalue weighted by atomic mass is 9.90. The summed E-state index contributed by atoms with van der Waals surface area (Å²) in [4.78, 5) is 4.26. The molecule has 0 aromatic heterocycles. The van der Waals surface area contributed by atoms with Crippen LogP contribution in [0, 0.1) is 5.41 Å². The maximum absolute atomic E-state index is 11.3. The maximum Gasteiger partial charge on any atom is 0.191 e. The summed E-state index contributed by atoms with van der Waals surface area (Å²) in [5, 5.41) is 6.72. The van der Waals surface area contributed by atoms with Crippen LogP contribution < -0.4 is 10.6 Å². The summed E-state index contributed by atoms with van der Waals surface area (Å²) in [7, 11) is -1.14. The summed E-state index contributed by atoms with van der Waals surface area (Å²) in [6, 6.07) is 0. The maximum atomic E-state index is 11.3. The monoisotopic (exact) mass is 349 g/mol. The first-order chi connectivity index (χ1) is 10.1. The van der Waals surface area contributed by atoms with Gasteiger partial charge in [-0.1, -0.05) is 13.8 Å². The number of nitrogens with zero attached hydrogens (tertiary/aromatic N) is 1. The number of rotatable bonds is 7. The molecule has 1 atom stereocenters. The predicted octanol–water partition coefficient (Wildman–Crippen LogP) is 1.90. The highest BCUT2D eigenvalue weighted by Gasteiger charge is 2.29. The molecule has 2 N–H and O–H groups in total. The Morgan fingerprint density at radius 2 is 2.05 bits per heavy atom. The van der Waals surface area contributed by atoms with Crippen LogP contribution >= 0.6 is 11.8 Å². The van der Waals surface area contributed by atoms with E-state index in [9.17, 15) is 8.42 Å². The summed E-state index contributed by atoms with van der Waals surface area (Å²) in [6.07, 6.45) is 4.45. The Bertz CT molecular complexity index is 481. The molecule has 1 fully saturated rings. The van der Waals surface area contributed by atoms with Crippen molar-refractivity contribution in [1.82, 2.24) is 10.6 Å². The average molecular weight is 350 g/mol. The minimum Gasteiger partial charge on any atom is -0.356 e. The lowest BCUT2D eigenvalue weighted by Crippen LogP contribution is -2.46. The Morgan fingerprint density at radius 1 is 1.36 bits per heavy atom. The van der Waals surface area contributed by atoms with Gasteiger partial charge in [-0.25, -0.2) is 8.42 Å². The zero-order valence-electron chi connectivity index (χ0n) is 14.5. The molecular formula is C15H31N3O2S2. The van der Waals surface area contributed by atoms with Gasteiger partial charge in [0, 0.05) is 31.1 Å². The van der Waals surface area contributed by atoms with Crippen molar-refractivity contribution in [1.29, 1.82) is 0 Å². The van der Waals surface area contributed by atoms with Gasteiger partial charge in [-0.05, 0) is 37.4 Å². The molecular weight excluding hydrogens is 318 g/mol. The molecule has 0 saturated carbocycles. The van der Waals surface area contributed by atoms with Gasteiger partial charge in [0.05, 0.1) is 5.75 Å². The number of hydrogen-bond donors (Lipinski definition) is 2. The quantitative estimate of drug-likeness (QED) is 0.543. The van der Waals surface area contributed by atoms with Crippen molar-refractivity contribution in [3.8, 4) is 0 Å². The number of aliphatic imine (C=N–C) groups is 1. The third-order valence-corrected chi connectivity index (χ3v) is 6.52. The first kappa shape index (κ1) is 19.6. The standard InChI is InChI=1S/C15H31N3O2S2/c1-14(2,8-10-22(5,19)20)11-17-13(16-4)18-12-15(3)7-6-9-21-15/h6-12H2,1-5H3,(H2,16,17,18). The molecule has 0 aliphatic carbocycles. The van der Waals surface area contributed by atoms with Crippen molar-refractivity contribution < 1.29 is 8.42 Å². The van der Waals surface area contributed by atoms with E-state index in [1.54, 1.807) is 7.05 Å². The molecule has 0 spiro atoms. The Balaban J connectivity index is 2.39. The van der Waals surface area contributed by atoms with Gasteiger partial charge in [0.1, 0.15) is 9.84 Å². The van der Waals surface area contributed by atoms with Crippen molar-refractivity contribution in [3.05, 3.63) is 0 Å². The fourth-order valence-corrected chi connectivity index (χ4v) is 4.51. The Hall–Kier alpha value is -0.430. The molecule has 1 heterocycles. The van der Waals surface area contributed by atoms with Gasteiger partial charge in [-0.2, -0.15) is 11.8 Å². The van der Waals surface area contributed by atoms with E-state index in [2.05, 4.69) is 36.4 Å². The van der Waals surface area contributed by atoms with Gasteiger partial charge >= 0.3 is 0 Å². The van der Waals surface area contributed by atoms with Crippen LogP contribution in [0.25, 0.3) is 0 Å². The van der Waals surface area contributed by atoms with Crippen LogP contribution in [0.1, 0.15) is 40.0 Å². The van der Waals surface area contributed by atoms with E-state index in [0.717, 1.165) is 12.5 Å². The summed E-state index contributed by atoms with van der Waals surface area (Å²) in [5.41, 5.74) is -0.0906. The highest BCUT2D eigenvalue weighted by Crippen LogP contribution is 2.36. The molecule has 0 amide bonds. The Kier molecular flexibility index (Phi) is 7.05. The molecule has 0 radical (unpaired) electrons. The third-order valence-electron chi connectivity index (χ3n) is 4.04. The zero-order valence-corrected chi connectivity index (χ0v) is 16.2. The van der Waals surface area contributed by atoms with Crippen LogP contribution in [0.4, 0.5) is 0 Å². The van der Waals surface area contributed by atoms with Crippen molar-refractivity contribution >= 4 is 27.6 Å². The molecule has 0 aromatic rings. The zero-order chi connectivity index (χ0) is 16.9. The van der Waals surface area contributed by atoms with Crippen molar-refractivity contribution in [2.75, 3.05) is 37.9 Å². The Labute approximate surface area is 140 Å². The van der Waals surface area contributed by atoms with Gasteiger partial charge in [-0.3, -0.25) is 4.99 Å². The van der Waals surface area contributed by atoms with Crippen molar-refractivity contribution in [2.24, 2.45) is 10.4 Å². The molecule has 1 saturated heterocycles. The molecule has 1 unspecified atom stereocenters. The number of thioether (sulfide) groups is 1. The fourth-order valence-electron chi connectivity index (χ4n) is 2.34. The van der Waals surface area contributed by atoms with E-state index >= 15 is 0 Å². The molecule has 5 nitrogen and oxygen atoms in total. The van der Waals surface area contributed by atoms with E-state index in [4.69, 9.17) is 0 Å². The second-order valence-electron chi connectivity index (χ2n) is 7.23.